The normalized spacial score (nSPS) is 19.2. The number of hydrogen-bond acceptors (Lipinski definition) is 4. The van der Waals surface area contributed by atoms with Crippen molar-refractivity contribution in [2.75, 3.05) is 7.11 Å². The van der Waals surface area contributed by atoms with Gasteiger partial charge in [0.2, 0.25) is 0 Å². The number of rotatable bonds is 5. The van der Waals surface area contributed by atoms with E-state index in [1.807, 2.05) is 30.5 Å². The number of pyridine rings is 1. The molecule has 0 radical (unpaired) electrons. The van der Waals surface area contributed by atoms with Gasteiger partial charge in [0.05, 0.1) is 24.9 Å². The number of benzene rings is 1. The van der Waals surface area contributed by atoms with E-state index in [1.165, 1.54) is 16.0 Å². The summed E-state index contributed by atoms with van der Waals surface area (Å²) in [6, 6.07) is 16.5. The molecule has 0 saturated carbocycles. The first-order chi connectivity index (χ1) is 13.2. The second-order valence-electron chi connectivity index (χ2n) is 6.57. The quantitative estimate of drug-likeness (QED) is 0.638. The number of nitrogens with zero attached hydrogens (tertiary/aromatic N) is 2. The molecule has 1 saturated heterocycles. The zero-order chi connectivity index (χ0) is 18.8. The summed E-state index contributed by atoms with van der Waals surface area (Å²) in [5.74, 6) is 0.859. The lowest BCUT2D eigenvalue weighted by atomic mass is 10.0. The van der Waals surface area contributed by atoms with Crippen molar-refractivity contribution >= 4 is 28.7 Å². The third kappa shape index (κ3) is 3.55. The van der Waals surface area contributed by atoms with E-state index in [4.69, 9.17) is 17.0 Å². The second-order valence-corrected chi connectivity index (χ2v) is 7.90. The van der Waals surface area contributed by atoms with Crippen LogP contribution < -0.4 is 10.1 Å². The van der Waals surface area contributed by atoms with Crippen LogP contribution in [-0.4, -0.2) is 22.1 Å². The SMILES string of the molecule is COc1ccc(CN2C(=S)NC(c3ccccn3)C2c2sccc2C)cc1. The van der Waals surface area contributed by atoms with Crippen LogP contribution in [0.5, 0.6) is 5.75 Å². The Morgan fingerprint density at radius 3 is 2.63 bits per heavy atom. The molecule has 2 unspecified atom stereocenters. The molecule has 1 N–H and O–H groups in total. The molecule has 2 aromatic heterocycles. The lowest BCUT2D eigenvalue weighted by Gasteiger charge is -2.27. The minimum Gasteiger partial charge on any atom is -0.497 e. The van der Waals surface area contributed by atoms with Crippen LogP contribution in [0.4, 0.5) is 0 Å². The number of thiocarbonyl (C=S) groups is 1. The molecule has 1 fully saturated rings. The van der Waals surface area contributed by atoms with Gasteiger partial charge in [0.15, 0.2) is 5.11 Å². The predicted molar refractivity (Wildman–Crippen MR) is 113 cm³/mol. The van der Waals surface area contributed by atoms with E-state index in [2.05, 4.69) is 51.8 Å². The summed E-state index contributed by atoms with van der Waals surface area (Å²) in [6.45, 7) is 2.90. The van der Waals surface area contributed by atoms with Crippen LogP contribution in [-0.2, 0) is 6.54 Å². The van der Waals surface area contributed by atoms with Crippen molar-refractivity contribution in [1.29, 1.82) is 0 Å². The molecular formula is C21H21N3OS2. The molecule has 3 aromatic rings. The van der Waals surface area contributed by atoms with Gasteiger partial charge in [-0.1, -0.05) is 18.2 Å². The summed E-state index contributed by atoms with van der Waals surface area (Å²) in [6.07, 6.45) is 1.84. The maximum Gasteiger partial charge on any atom is 0.170 e. The number of aryl methyl sites for hydroxylation is 1. The standard InChI is InChI=1S/C21H21N3OS2/c1-14-10-12-27-20(14)19-18(17-5-3-4-11-22-17)23-21(26)24(19)13-15-6-8-16(25-2)9-7-15/h3-12,18-19H,13H2,1-2H3,(H,23,26). The minimum atomic E-state index is 0.0364. The largest absolute Gasteiger partial charge is 0.497 e. The zero-order valence-corrected chi connectivity index (χ0v) is 16.9. The first-order valence-corrected chi connectivity index (χ1v) is 10.1. The van der Waals surface area contributed by atoms with Gasteiger partial charge in [-0.15, -0.1) is 11.3 Å². The van der Waals surface area contributed by atoms with Crippen LogP contribution in [0.15, 0.2) is 60.1 Å². The maximum absolute atomic E-state index is 5.73. The summed E-state index contributed by atoms with van der Waals surface area (Å²) in [5, 5.41) is 6.41. The fourth-order valence-corrected chi connectivity index (χ4v) is 4.86. The van der Waals surface area contributed by atoms with Crippen molar-refractivity contribution in [2.45, 2.75) is 25.6 Å². The van der Waals surface area contributed by atoms with E-state index in [9.17, 15) is 0 Å². The molecule has 4 nitrogen and oxygen atoms in total. The Bertz CT molecular complexity index is 924. The summed E-state index contributed by atoms with van der Waals surface area (Å²) in [7, 11) is 1.68. The smallest absolute Gasteiger partial charge is 0.170 e. The van der Waals surface area contributed by atoms with E-state index in [-0.39, 0.29) is 12.1 Å². The Balaban J connectivity index is 1.70. The van der Waals surface area contributed by atoms with Gasteiger partial charge in [0.25, 0.3) is 0 Å². The lowest BCUT2D eigenvalue weighted by molar-refractivity contribution is 0.314. The number of methoxy groups -OCH3 is 1. The molecule has 0 bridgehead atoms. The Labute approximate surface area is 168 Å². The highest BCUT2D eigenvalue weighted by molar-refractivity contribution is 7.80. The molecule has 0 aliphatic carbocycles. The molecule has 0 amide bonds. The van der Waals surface area contributed by atoms with E-state index in [0.29, 0.717) is 0 Å². The summed E-state index contributed by atoms with van der Waals surface area (Å²) < 4.78 is 5.27. The van der Waals surface area contributed by atoms with Gasteiger partial charge in [-0.25, -0.2) is 0 Å². The fraction of sp³-hybridized carbons (Fsp3) is 0.238. The van der Waals surface area contributed by atoms with E-state index >= 15 is 0 Å². The molecule has 4 rings (SSSR count). The number of ether oxygens (including phenoxy) is 1. The Kier molecular flexibility index (Phi) is 5.09. The first kappa shape index (κ1) is 17.9. The highest BCUT2D eigenvalue weighted by Crippen LogP contribution is 2.42. The Hall–Kier alpha value is -2.44. The molecule has 1 aliphatic heterocycles. The van der Waals surface area contributed by atoms with Crippen LogP contribution >= 0.6 is 23.6 Å². The molecular weight excluding hydrogens is 374 g/mol. The van der Waals surface area contributed by atoms with Crippen LogP contribution in [0.1, 0.15) is 33.8 Å². The van der Waals surface area contributed by atoms with Crippen molar-refractivity contribution < 1.29 is 4.74 Å². The van der Waals surface area contributed by atoms with E-state index < -0.39 is 0 Å². The van der Waals surface area contributed by atoms with Gasteiger partial charge < -0.3 is 15.0 Å². The topological polar surface area (TPSA) is 37.4 Å². The monoisotopic (exact) mass is 395 g/mol. The molecule has 1 aromatic carbocycles. The Morgan fingerprint density at radius 2 is 2.00 bits per heavy atom. The van der Waals surface area contributed by atoms with Crippen molar-refractivity contribution in [3.8, 4) is 5.75 Å². The van der Waals surface area contributed by atoms with Gasteiger partial charge >= 0.3 is 0 Å². The van der Waals surface area contributed by atoms with Gasteiger partial charge in [0.1, 0.15) is 5.75 Å². The van der Waals surface area contributed by atoms with Crippen LogP contribution in [0.25, 0.3) is 0 Å². The molecule has 6 heteroatoms. The number of aromatic nitrogens is 1. The van der Waals surface area contributed by atoms with Crippen LogP contribution in [0.3, 0.4) is 0 Å². The van der Waals surface area contributed by atoms with Crippen molar-refractivity contribution in [3.63, 3.8) is 0 Å². The highest BCUT2D eigenvalue weighted by Gasteiger charge is 2.40. The third-order valence-corrected chi connectivity index (χ3v) is 6.32. The van der Waals surface area contributed by atoms with E-state index in [0.717, 1.165) is 23.1 Å². The number of hydrogen-bond donors (Lipinski definition) is 1. The van der Waals surface area contributed by atoms with Gasteiger partial charge in [0, 0.05) is 17.6 Å². The summed E-state index contributed by atoms with van der Waals surface area (Å²) in [4.78, 5) is 8.19. The summed E-state index contributed by atoms with van der Waals surface area (Å²) in [5.41, 5.74) is 3.49. The maximum atomic E-state index is 5.73. The average Bonchev–Trinajstić information content (AvgIpc) is 3.26. The lowest BCUT2D eigenvalue weighted by Crippen LogP contribution is -2.29. The molecule has 2 atom stereocenters. The van der Waals surface area contributed by atoms with Crippen LogP contribution in [0.2, 0.25) is 0 Å². The van der Waals surface area contributed by atoms with Crippen molar-refractivity contribution in [1.82, 2.24) is 15.2 Å². The predicted octanol–water partition coefficient (Wildman–Crippen LogP) is 4.63. The first-order valence-electron chi connectivity index (χ1n) is 8.82. The average molecular weight is 396 g/mol. The molecule has 27 heavy (non-hydrogen) atoms. The zero-order valence-electron chi connectivity index (χ0n) is 15.3. The molecule has 3 heterocycles. The van der Waals surface area contributed by atoms with Crippen molar-refractivity contribution in [3.05, 3.63) is 81.8 Å². The Morgan fingerprint density at radius 1 is 1.19 bits per heavy atom. The number of nitrogens with one attached hydrogen (secondary N) is 1. The minimum absolute atomic E-state index is 0.0364. The van der Waals surface area contributed by atoms with Crippen LogP contribution in [0, 0.1) is 6.92 Å². The summed E-state index contributed by atoms with van der Waals surface area (Å²) >= 11 is 7.51. The third-order valence-electron chi connectivity index (χ3n) is 4.88. The van der Waals surface area contributed by atoms with Gasteiger partial charge in [-0.2, -0.15) is 0 Å². The van der Waals surface area contributed by atoms with Gasteiger partial charge in [-0.05, 0) is 66.0 Å². The molecule has 1 aliphatic rings. The fourth-order valence-electron chi connectivity index (χ4n) is 3.47. The van der Waals surface area contributed by atoms with E-state index in [1.54, 1.807) is 18.4 Å². The number of thiophene rings is 1. The molecule has 138 valence electrons. The second kappa shape index (κ2) is 7.66. The molecule has 0 spiro atoms. The van der Waals surface area contributed by atoms with Gasteiger partial charge in [-0.3, -0.25) is 4.98 Å². The van der Waals surface area contributed by atoms with Crippen molar-refractivity contribution in [2.24, 2.45) is 0 Å². The highest BCUT2D eigenvalue weighted by atomic mass is 32.1.